The van der Waals surface area contributed by atoms with Gasteiger partial charge in [0.25, 0.3) is 11.8 Å². The Balaban J connectivity index is 3.38. The Morgan fingerprint density at radius 3 is 2.25 bits per heavy atom. The molecule has 1 heterocycles. The molecule has 0 radical (unpaired) electrons. The summed E-state index contributed by atoms with van der Waals surface area (Å²) in [6, 6.07) is 0. The number of nitrogens with zero attached hydrogens (tertiary/aromatic N) is 1. The summed E-state index contributed by atoms with van der Waals surface area (Å²) in [4.78, 5) is 26.5. The quantitative estimate of drug-likeness (QED) is 0.738. The summed E-state index contributed by atoms with van der Waals surface area (Å²) in [7, 11) is 1.55. The van der Waals surface area contributed by atoms with Gasteiger partial charge in [-0.25, -0.2) is 0 Å². The number of nitrogens with one attached hydrogen (secondary N) is 2. The van der Waals surface area contributed by atoms with Crippen molar-refractivity contribution >= 4 is 33.8 Å². The number of carbonyl (C=O) groups is 2. The first-order valence-electron chi connectivity index (χ1n) is 6.69. The Hall–Kier alpha value is -1.76. The molecule has 0 unspecified atom stereocenters. The Morgan fingerprint density at radius 2 is 1.80 bits per heavy atom. The summed E-state index contributed by atoms with van der Waals surface area (Å²) in [6.07, 6.45) is 0. The van der Waals surface area contributed by atoms with Crippen LogP contribution in [0.1, 0.15) is 40.8 Å². The zero-order chi connectivity index (χ0) is 15.3. The van der Waals surface area contributed by atoms with E-state index in [1.54, 1.807) is 7.05 Å². The van der Waals surface area contributed by atoms with Crippen LogP contribution in [0.2, 0.25) is 0 Å². The molecular formula is C13H22N4O2S. The number of rotatable bonds is 6. The van der Waals surface area contributed by atoms with Crippen molar-refractivity contribution < 1.29 is 9.59 Å². The van der Waals surface area contributed by atoms with Crippen molar-refractivity contribution in [3.63, 3.8) is 0 Å². The molecule has 0 saturated carbocycles. The molecule has 0 spiro atoms. The van der Waals surface area contributed by atoms with E-state index in [0.29, 0.717) is 17.0 Å². The van der Waals surface area contributed by atoms with Crippen molar-refractivity contribution in [3.05, 3.63) is 10.4 Å². The lowest BCUT2D eigenvalue weighted by Gasteiger charge is -2.20. The molecule has 4 N–H and O–H groups in total. The molecule has 6 nitrogen and oxygen atoms in total. The molecule has 0 bridgehead atoms. The van der Waals surface area contributed by atoms with Gasteiger partial charge >= 0.3 is 0 Å². The van der Waals surface area contributed by atoms with E-state index in [2.05, 4.69) is 10.6 Å². The predicted octanol–water partition coefficient (Wildman–Crippen LogP) is 1.29. The number of thiophene rings is 1. The lowest BCUT2D eigenvalue weighted by atomic mass is 10.2. The van der Waals surface area contributed by atoms with Gasteiger partial charge in [0, 0.05) is 26.7 Å². The maximum Gasteiger partial charge on any atom is 0.263 e. The highest BCUT2D eigenvalue weighted by atomic mass is 32.1. The smallest absolute Gasteiger partial charge is 0.263 e. The van der Waals surface area contributed by atoms with Crippen LogP contribution in [0.25, 0.3) is 0 Å². The summed E-state index contributed by atoms with van der Waals surface area (Å²) in [5, 5.41) is 6.04. The van der Waals surface area contributed by atoms with Crippen LogP contribution in [-0.4, -0.2) is 38.5 Å². The third-order valence-electron chi connectivity index (χ3n) is 2.97. The number of amides is 2. The number of anilines is 2. The van der Waals surface area contributed by atoms with Gasteiger partial charge in [-0.05, 0) is 20.8 Å². The van der Waals surface area contributed by atoms with Crippen molar-refractivity contribution in [2.24, 2.45) is 0 Å². The average molecular weight is 298 g/mol. The summed E-state index contributed by atoms with van der Waals surface area (Å²) in [5.41, 5.74) is 6.66. The first kappa shape index (κ1) is 16.3. The molecule has 7 heteroatoms. The van der Waals surface area contributed by atoms with E-state index in [0.717, 1.165) is 18.1 Å². The lowest BCUT2D eigenvalue weighted by molar-refractivity contribution is 0.0959. The van der Waals surface area contributed by atoms with Crippen LogP contribution in [0.5, 0.6) is 0 Å². The Morgan fingerprint density at radius 1 is 1.20 bits per heavy atom. The zero-order valence-electron chi connectivity index (χ0n) is 12.4. The van der Waals surface area contributed by atoms with Gasteiger partial charge in [-0.2, -0.15) is 0 Å². The van der Waals surface area contributed by atoms with E-state index in [-0.39, 0.29) is 17.5 Å². The molecule has 0 aliphatic heterocycles. The van der Waals surface area contributed by atoms with E-state index < -0.39 is 0 Å². The molecule has 0 aliphatic rings. The van der Waals surface area contributed by atoms with Gasteiger partial charge in [-0.3, -0.25) is 9.59 Å². The number of nitrogen functional groups attached to an aromatic ring is 1. The zero-order valence-corrected chi connectivity index (χ0v) is 13.2. The molecular weight excluding hydrogens is 276 g/mol. The third kappa shape index (κ3) is 3.04. The number of nitrogens with two attached hydrogens (primary N) is 1. The van der Waals surface area contributed by atoms with Crippen molar-refractivity contribution in [2.45, 2.75) is 20.8 Å². The van der Waals surface area contributed by atoms with Crippen LogP contribution in [0.3, 0.4) is 0 Å². The molecule has 0 atom stereocenters. The van der Waals surface area contributed by atoms with E-state index in [1.165, 1.54) is 11.3 Å². The summed E-state index contributed by atoms with van der Waals surface area (Å²) >= 11 is 1.26. The first-order valence-corrected chi connectivity index (χ1v) is 7.50. The van der Waals surface area contributed by atoms with E-state index in [4.69, 9.17) is 5.73 Å². The van der Waals surface area contributed by atoms with E-state index >= 15 is 0 Å². The Labute approximate surface area is 123 Å². The SMILES string of the molecule is CCNC(=O)c1sc(N(CC)CC)c(C(=O)NC)c1N. The van der Waals surface area contributed by atoms with Crippen LogP contribution >= 0.6 is 11.3 Å². The molecule has 1 rings (SSSR count). The molecule has 0 aromatic carbocycles. The van der Waals surface area contributed by atoms with Crippen molar-refractivity contribution in [1.29, 1.82) is 0 Å². The molecule has 0 fully saturated rings. The Kier molecular flexibility index (Phi) is 5.82. The van der Waals surface area contributed by atoms with Gasteiger partial charge < -0.3 is 21.3 Å². The van der Waals surface area contributed by atoms with E-state index in [1.807, 2.05) is 25.7 Å². The molecule has 112 valence electrons. The number of hydrogen-bond acceptors (Lipinski definition) is 5. The minimum Gasteiger partial charge on any atom is -0.397 e. The highest BCUT2D eigenvalue weighted by molar-refractivity contribution is 7.19. The second-order valence-electron chi connectivity index (χ2n) is 4.14. The normalized spacial score (nSPS) is 10.2. The van der Waals surface area contributed by atoms with Crippen molar-refractivity contribution in [2.75, 3.05) is 37.3 Å². The molecule has 1 aromatic heterocycles. The molecule has 2 amide bonds. The van der Waals surface area contributed by atoms with Crippen molar-refractivity contribution in [3.8, 4) is 0 Å². The summed E-state index contributed by atoms with van der Waals surface area (Å²) in [5.74, 6) is -0.505. The van der Waals surface area contributed by atoms with Crippen LogP contribution in [-0.2, 0) is 0 Å². The monoisotopic (exact) mass is 298 g/mol. The third-order valence-corrected chi connectivity index (χ3v) is 4.24. The van der Waals surface area contributed by atoms with Gasteiger partial charge in [-0.15, -0.1) is 11.3 Å². The van der Waals surface area contributed by atoms with E-state index in [9.17, 15) is 9.59 Å². The van der Waals surface area contributed by atoms with Crippen molar-refractivity contribution in [1.82, 2.24) is 10.6 Å². The average Bonchev–Trinajstić information content (AvgIpc) is 2.77. The van der Waals surface area contributed by atoms with Gasteiger partial charge in [0.05, 0.1) is 11.3 Å². The fraction of sp³-hybridized carbons (Fsp3) is 0.538. The van der Waals surface area contributed by atoms with Crippen LogP contribution < -0.4 is 21.3 Å². The van der Waals surface area contributed by atoms with Crippen LogP contribution in [0, 0.1) is 0 Å². The summed E-state index contributed by atoms with van der Waals surface area (Å²) < 4.78 is 0. The van der Waals surface area contributed by atoms with Gasteiger partial charge in [-0.1, -0.05) is 0 Å². The van der Waals surface area contributed by atoms with Gasteiger partial charge in [0.1, 0.15) is 9.88 Å². The number of hydrogen-bond donors (Lipinski definition) is 3. The highest BCUT2D eigenvalue weighted by Gasteiger charge is 2.26. The molecule has 0 aliphatic carbocycles. The fourth-order valence-corrected chi connectivity index (χ4v) is 3.18. The molecule has 0 saturated heterocycles. The minimum absolute atomic E-state index is 0.237. The Bertz CT molecular complexity index is 495. The van der Waals surface area contributed by atoms with Gasteiger partial charge in [0.2, 0.25) is 0 Å². The number of carbonyl (C=O) groups excluding carboxylic acids is 2. The predicted molar refractivity (Wildman–Crippen MR) is 83.7 cm³/mol. The maximum atomic E-state index is 12.0. The maximum absolute atomic E-state index is 12.0. The lowest BCUT2D eigenvalue weighted by Crippen LogP contribution is -2.26. The van der Waals surface area contributed by atoms with Crippen LogP contribution in [0.4, 0.5) is 10.7 Å². The standard InChI is InChI=1S/C13H22N4O2S/c1-5-16-12(19)10-9(14)8(11(18)15-4)13(20-10)17(6-2)7-3/h5-7,14H2,1-4H3,(H,15,18)(H,16,19). The van der Waals surface area contributed by atoms with Crippen LogP contribution in [0.15, 0.2) is 0 Å². The topological polar surface area (TPSA) is 87.5 Å². The molecule has 1 aromatic rings. The summed E-state index contributed by atoms with van der Waals surface area (Å²) in [6.45, 7) is 7.85. The minimum atomic E-state index is -0.267. The first-order chi connectivity index (χ1) is 9.51. The molecule has 20 heavy (non-hydrogen) atoms. The largest absolute Gasteiger partial charge is 0.397 e. The fourth-order valence-electron chi connectivity index (χ4n) is 1.92. The van der Waals surface area contributed by atoms with Gasteiger partial charge in [0.15, 0.2) is 0 Å². The highest BCUT2D eigenvalue weighted by Crippen LogP contribution is 2.38. The second-order valence-corrected chi connectivity index (χ2v) is 5.13. The second kappa shape index (κ2) is 7.14.